The van der Waals surface area contributed by atoms with Gasteiger partial charge in [0.25, 0.3) is 17.4 Å². The first-order chi connectivity index (χ1) is 27.8. The number of benzene rings is 2. The van der Waals surface area contributed by atoms with E-state index in [9.17, 15) is 28.8 Å². The largest absolute Gasteiger partial charge is 0.496 e. The molecule has 0 saturated carbocycles. The minimum absolute atomic E-state index is 0.0369. The monoisotopic (exact) mass is 801 g/mol. The number of hydrogen-bond donors (Lipinski definition) is 2. The summed E-state index contributed by atoms with van der Waals surface area (Å²) in [5.41, 5.74) is 4.28. The fourth-order valence-corrected chi connectivity index (χ4v) is 7.55. The van der Waals surface area contributed by atoms with Crippen molar-refractivity contribution in [1.29, 1.82) is 0 Å². The van der Waals surface area contributed by atoms with Crippen LogP contribution in [0, 0.1) is 0 Å². The SMILES string of the molecule is COc1cc(-c2cn(C)c(=O)c3c2CCN(C(=O)NCCN(C)CCOCCOc2cccc4c2C(=O)N(C2CCC(=O)NC2=O)C4=O)C3)cc(OC)c1CN(C)C. The molecular formula is C41H51N7O10. The maximum absolute atomic E-state index is 13.4. The zero-order chi connectivity index (χ0) is 41.7. The quantitative estimate of drug-likeness (QED) is 0.158. The fraction of sp³-hybridized carbons (Fsp3) is 0.463. The van der Waals surface area contributed by atoms with Crippen molar-refractivity contribution >= 4 is 29.7 Å². The third kappa shape index (κ3) is 8.85. The van der Waals surface area contributed by atoms with Crippen LogP contribution in [0.4, 0.5) is 4.79 Å². The van der Waals surface area contributed by atoms with Crippen LogP contribution in [0.25, 0.3) is 11.1 Å². The van der Waals surface area contributed by atoms with Gasteiger partial charge in [-0.25, -0.2) is 4.79 Å². The molecule has 4 heterocycles. The molecule has 1 saturated heterocycles. The molecule has 1 fully saturated rings. The van der Waals surface area contributed by atoms with E-state index in [1.807, 2.05) is 49.3 Å². The first kappa shape index (κ1) is 41.8. The number of nitrogens with zero attached hydrogens (tertiary/aromatic N) is 5. The molecule has 1 atom stereocenters. The van der Waals surface area contributed by atoms with Gasteiger partial charge >= 0.3 is 6.03 Å². The van der Waals surface area contributed by atoms with E-state index in [1.165, 1.54) is 6.07 Å². The third-order valence-electron chi connectivity index (χ3n) is 10.6. The number of hydrogen-bond acceptors (Lipinski definition) is 12. The number of likely N-dealkylation sites (N-methyl/N-ethyl adjacent to an activating group) is 1. The average Bonchev–Trinajstić information content (AvgIpc) is 3.46. The zero-order valence-electron chi connectivity index (χ0n) is 33.8. The van der Waals surface area contributed by atoms with Crippen molar-refractivity contribution in [2.45, 2.75) is 38.4 Å². The number of carbonyl (C=O) groups excluding carboxylic acids is 5. The van der Waals surface area contributed by atoms with Crippen LogP contribution in [0.15, 0.2) is 41.3 Å². The number of fused-ring (bicyclic) bond motifs is 2. The molecule has 2 N–H and O–H groups in total. The number of methoxy groups -OCH3 is 2. The molecule has 58 heavy (non-hydrogen) atoms. The molecule has 3 aliphatic rings. The second-order valence-electron chi connectivity index (χ2n) is 14.8. The molecule has 2 aromatic carbocycles. The van der Waals surface area contributed by atoms with Crippen LogP contribution in [0.2, 0.25) is 0 Å². The Morgan fingerprint density at radius 3 is 2.33 bits per heavy atom. The number of aryl methyl sites for hydroxylation is 1. The van der Waals surface area contributed by atoms with Gasteiger partial charge in [-0.2, -0.15) is 0 Å². The molecular weight excluding hydrogens is 750 g/mol. The molecule has 0 bridgehead atoms. The van der Waals surface area contributed by atoms with Gasteiger partial charge in [0.1, 0.15) is 29.9 Å². The number of aromatic nitrogens is 1. The van der Waals surface area contributed by atoms with Crippen molar-refractivity contribution in [1.82, 2.24) is 34.8 Å². The predicted molar refractivity (Wildman–Crippen MR) is 212 cm³/mol. The summed E-state index contributed by atoms with van der Waals surface area (Å²) in [5.74, 6) is -0.743. The van der Waals surface area contributed by atoms with Crippen molar-refractivity contribution in [2.24, 2.45) is 7.05 Å². The standard InChI is InChI=1S/C41H51N7O10/c1-44(2)22-30-33(55-5)20-25(21-34(30)56-6)28-23-46(4)38(51)29-24-47(14-12-26(28)29)41(54)42-13-15-45(3)16-17-57-18-19-58-32-9-7-8-27-36(32)40(53)48(39(27)52)31-10-11-35(49)43-37(31)50/h7-9,20-21,23,31H,10-19,22,24H2,1-6H3,(H,42,54)(H,43,49,50). The highest BCUT2D eigenvalue weighted by Gasteiger charge is 2.46. The Labute approximate surface area is 336 Å². The maximum Gasteiger partial charge on any atom is 0.317 e. The van der Waals surface area contributed by atoms with E-state index in [-0.39, 0.29) is 61.1 Å². The molecule has 0 spiro atoms. The summed E-state index contributed by atoms with van der Waals surface area (Å²) in [7, 11) is 10.8. The van der Waals surface area contributed by atoms with Gasteiger partial charge in [0.2, 0.25) is 11.8 Å². The normalized spacial score (nSPS) is 16.4. The van der Waals surface area contributed by atoms with Gasteiger partial charge in [-0.15, -0.1) is 0 Å². The van der Waals surface area contributed by atoms with Crippen molar-refractivity contribution < 1.29 is 42.9 Å². The van der Waals surface area contributed by atoms with Gasteiger partial charge in [0.15, 0.2) is 0 Å². The van der Waals surface area contributed by atoms with Crippen LogP contribution in [0.5, 0.6) is 17.2 Å². The van der Waals surface area contributed by atoms with Crippen molar-refractivity contribution in [2.75, 3.05) is 81.4 Å². The zero-order valence-corrected chi connectivity index (χ0v) is 33.8. The molecule has 1 aromatic heterocycles. The molecule has 0 radical (unpaired) electrons. The summed E-state index contributed by atoms with van der Waals surface area (Å²) < 4.78 is 24.6. The topological polar surface area (TPSA) is 181 Å². The van der Waals surface area contributed by atoms with Crippen molar-refractivity contribution in [3.63, 3.8) is 0 Å². The van der Waals surface area contributed by atoms with Gasteiger partial charge in [-0.3, -0.25) is 34.2 Å². The van der Waals surface area contributed by atoms with Gasteiger partial charge in [-0.1, -0.05) is 6.07 Å². The lowest BCUT2D eigenvalue weighted by atomic mass is 9.91. The second kappa shape index (κ2) is 18.2. The second-order valence-corrected chi connectivity index (χ2v) is 14.8. The van der Waals surface area contributed by atoms with Crippen LogP contribution in [0.3, 0.4) is 0 Å². The third-order valence-corrected chi connectivity index (χ3v) is 10.6. The van der Waals surface area contributed by atoms with Gasteiger partial charge in [-0.05, 0) is 69.4 Å². The Hall–Kier alpha value is -5.78. The van der Waals surface area contributed by atoms with E-state index in [4.69, 9.17) is 18.9 Å². The number of carbonyl (C=O) groups is 5. The van der Waals surface area contributed by atoms with Gasteiger partial charge < -0.3 is 43.5 Å². The average molecular weight is 802 g/mol. The Kier molecular flexibility index (Phi) is 13.1. The molecule has 6 amide bonds. The summed E-state index contributed by atoms with van der Waals surface area (Å²) >= 11 is 0. The van der Waals surface area contributed by atoms with Crippen molar-refractivity contribution in [3.05, 3.63) is 74.7 Å². The fourth-order valence-electron chi connectivity index (χ4n) is 7.55. The molecule has 310 valence electrons. The van der Waals surface area contributed by atoms with Crippen LogP contribution < -0.4 is 30.4 Å². The minimum atomic E-state index is -1.06. The number of pyridine rings is 1. The Balaban J connectivity index is 0.952. The lowest BCUT2D eigenvalue weighted by molar-refractivity contribution is -0.136. The Morgan fingerprint density at radius 2 is 1.64 bits per heavy atom. The highest BCUT2D eigenvalue weighted by atomic mass is 16.5. The van der Waals surface area contributed by atoms with Crippen LogP contribution in [0.1, 0.15) is 50.2 Å². The number of nitrogens with one attached hydrogen (secondary N) is 2. The number of piperidine rings is 1. The van der Waals surface area contributed by atoms with Crippen LogP contribution in [-0.4, -0.2) is 141 Å². The molecule has 17 heteroatoms. The highest BCUT2D eigenvalue weighted by Crippen LogP contribution is 2.38. The predicted octanol–water partition coefficient (Wildman–Crippen LogP) is 1.63. The van der Waals surface area contributed by atoms with Gasteiger partial charge in [0, 0.05) is 63.5 Å². The summed E-state index contributed by atoms with van der Waals surface area (Å²) in [6, 6.07) is 7.34. The molecule has 0 aliphatic carbocycles. The lowest BCUT2D eigenvalue weighted by Crippen LogP contribution is -2.54. The number of rotatable bonds is 16. The van der Waals surface area contributed by atoms with Gasteiger partial charge in [0.05, 0.1) is 50.7 Å². The van der Waals surface area contributed by atoms with Crippen molar-refractivity contribution in [3.8, 4) is 28.4 Å². The molecule has 6 rings (SSSR count). The smallest absolute Gasteiger partial charge is 0.317 e. The van der Waals surface area contributed by atoms with E-state index >= 15 is 0 Å². The number of amides is 6. The van der Waals surface area contributed by atoms with Crippen LogP contribution >= 0.6 is 0 Å². The Morgan fingerprint density at radius 1 is 0.897 bits per heavy atom. The summed E-state index contributed by atoms with van der Waals surface area (Å²) in [6.07, 6.45) is 2.46. The number of urea groups is 1. The number of imide groups is 2. The molecule has 17 nitrogen and oxygen atoms in total. The minimum Gasteiger partial charge on any atom is -0.496 e. The Bertz CT molecular complexity index is 2130. The lowest BCUT2D eigenvalue weighted by Gasteiger charge is -2.30. The highest BCUT2D eigenvalue weighted by molar-refractivity contribution is 6.24. The van der Waals surface area contributed by atoms with E-state index in [1.54, 1.807) is 42.9 Å². The van der Waals surface area contributed by atoms with Crippen LogP contribution in [-0.2, 0) is 40.9 Å². The summed E-state index contributed by atoms with van der Waals surface area (Å²) in [6.45, 7) is 3.51. The van der Waals surface area contributed by atoms with E-state index in [0.29, 0.717) is 62.8 Å². The first-order valence-corrected chi connectivity index (χ1v) is 19.2. The van der Waals surface area contributed by atoms with E-state index in [0.717, 1.165) is 27.2 Å². The van der Waals surface area contributed by atoms with E-state index in [2.05, 4.69) is 10.6 Å². The first-order valence-electron chi connectivity index (χ1n) is 19.2. The molecule has 3 aliphatic heterocycles. The van der Waals surface area contributed by atoms with E-state index < -0.39 is 29.7 Å². The molecule has 1 unspecified atom stereocenters. The summed E-state index contributed by atoms with van der Waals surface area (Å²) in [5, 5.41) is 5.17. The molecule has 3 aromatic rings. The summed E-state index contributed by atoms with van der Waals surface area (Å²) in [4.78, 5) is 83.5. The number of ether oxygens (including phenoxy) is 4. The maximum atomic E-state index is 13.4.